The van der Waals surface area contributed by atoms with Gasteiger partial charge in [0, 0.05) is 10.6 Å². The number of hydrogen-bond donors (Lipinski definition) is 2. The van der Waals surface area contributed by atoms with Crippen molar-refractivity contribution in [2.75, 3.05) is 13.2 Å². The van der Waals surface area contributed by atoms with Gasteiger partial charge in [0.2, 0.25) is 0 Å². The van der Waals surface area contributed by atoms with Crippen LogP contribution < -0.4 is 15.5 Å². The molecule has 0 unspecified atom stereocenters. The molecule has 0 heterocycles. The van der Waals surface area contributed by atoms with Crippen LogP contribution in [0.2, 0.25) is 5.02 Å². The lowest BCUT2D eigenvalue weighted by atomic mass is 10.2. The Kier molecular flexibility index (Phi) is 8.32. The van der Waals surface area contributed by atoms with Crippen LogP contribution in [0.4, 0.5) is 0 Å². The van der Waals surface area contributed by atoms with E-state index in [9.17, 15) is 9.59 Å². The summed E-state index contributed by atoms with van der Waals surface area (Å²) in [6.45, 7) is 2.62. The molecule has 142 valence electrons. The normalized spacial score (nSPS) is 10.6. The molecule has 2 rings (SSSR count). The minimum absolute atomic E-state index is 0.188. The first-order valence-corrected chi connectivity index (χ1v) is 9.05. The monoisotopic (exact) mass is 387 g/mol. The van der Waals surface area contributed by atoms with E-state index in [2.05, 4.69) is 22.8 Å². The van der Waals surface area contributed by atoms with Gasteiger partial charge in [-0.15, -0.1) is 0 Å². The molecule has 2 amide bonds. The Bertz CT molecular complexity index is 791. The van der Waals surface area contributed by atoms with Crippen LogP contribution in [-0.2, 0) is 4.79 Å². The Balaban J connectivity index is 1.73. The number of unbranched alkanes of at least 4 members (excludes halogenated alkanes) is 1. The molecule has 0 aliphatic carbocycles. The van der Waals surface area contributed by atoms with Crippen molar-refractivity contribution in [2.45, 2.75) is 19.8 Å². The first-order chi connectivity index (χ1) is 13.1. The molecule has 2 N–H and O–H groups in total. The lowest BCUT2D eigenvalue weighted by Crippen LogP contribution is -2.34. The van der Waals surface area contributed by atoms with Gasteiger partial charge in [0.15, 0.2) is 0 Å². The number of carbonyl (C=O) groups is 2. The second-order valence-electron chi connectivity index (χ2n) is 5.76. The molecule has 0 saturated heterocycles. The van der Waals surface area contributed by atoms with Gasteiger partial charge in [-0.2, -0.15) is 5.10 Å². The van der Waals surface area contributed by atoms with E-state index in [-0.39, 0.29) is 12.5 Å². The fraction of sp³-hybridized carbons (Fsp3) is 0.250. The van der Waals surface area contributed by atoms with Gasteiger partial charge in [0.25, 0.3) is 11.8 Å². The number of amides is 2. The smallest absolute Gasteiger partial charge is 0.259 e. The third-order valence-electron chi connectivity index (χ3n) is 3.55. The van der Waals surface area contributed by atoms with E-state index in [1.54, 1.807) is 18.2 Å². The molecule has 0 atom stereocenters. The highest BCUT2D eigenvalue weighted by molar-refractivity contribution is 6.30. The lowest BCUT2D eigenvalue weighted by Gasteiger charge is -2.05. The van der Waals surface area contributed by atoms with Crippen LogP contribution in [0.15, 0.2) is 53.6 Å². The molecule has 0 aromatic heterocycles. The van der Waals surface area contributed by atoms with Crippen molar-refractivity contribution in [1.29, 1.82) is 0 Å². The zero-order valence-electron chi connectivity index (χ0n) is 15.1. The third-order valence-corrected chi connectivity index (χ3v) is 3.78. The number of rotatable bonds is 9. The fourth-order valence-corrected chi connectivity index (χ4v) is 2.29. The highest BCUT2D eigenvalue weighted by atomic mass is 35.5. The van der Waals surface area contributed by atoms with E-state index in [4.69, 9.17) is 16.3 Å². The average Bonchev–Trinajstić information content (AvgIpc) is 2.67. The van der Waals surface area contributed by atoms with Crippen LogP contribution in [0.25, 0.3) is 0 Å². The summed E-state index contributed by atoms with van der Waals surface area (Å²) in [5.74, 6) is -0.00944. The van der Waals surface area contributed by atoms with Crippen molar-refractivity contribution in [2.24, 2.45) is 5.10 Å². The van der Waals surface area contributed by atoms with Gasteiger partial charge in [-0.05, 0) is 54.4 Å². The van der Waals surface area contributed by atoms with E-state index >= 15 is 0 Å². The molecular formula is C20H22ClN3O3. The number of halogens is 1. The van der Waals surface area contributed by atoms with Crippen molar-refractivity contribution < 1.29 is 14.3 Å². The summed E-state index contributed by atoms with van der Waals surface area (Å²) < 4.78 is 5.58. The molecule has 0 fully saturated rings. The summed E-state index contributed by atoms with van der Waals surface area (Å²) >= 11 is 5.83. The predicted octanol–water partition coefficient (Wildman–Crippen LogP) is 3.40. The topological polar surface area (TPSA) is 79.8 Å². The van der Waals surface area contributed by atoms with Crippen LogP contribution in [-0.4, -0.2) is 31.2 Å². The largest absolute Gasteiger partial charge is 0.494 e. The van der Waals surface area contributed by atoms with Crippen LogP contribution >= 0.6 is 11.6 Å². The SMILES string of the molecule is CCCCOc1ccc(/C=N\NC(=O)CNC(=O)c2cccc(Cl)c2)cc1. The van der Waals surface area contributed by atoms with E-state index in [1.807, 2.05) is 24.3 Å². The van der Waals surface area contributed by atoms with Gasteiger partial charge in [0.1, 0.15) is 5.75 Å². The Morgan fingerprint density at radius 1 is 1.19 bits per heavy atom. The highest BCUT2D eigenvalue weighted by Gasteiger charge is 2.07. The maximum atomic E-state index is 11.9. The molecule has 6 nitrogen and oxygen atoms in total. The third kappa shape index (κ3) is 7.50. The molecule has 27 heavy (non-hydrogen) atoms. The zero-order chi connectivity index (χ0) is 19.5. The van der Waals surface area contributed by atoms with Gasteiger partial charge >= 0.3 is 0 Å². The first kappa shape index (κ1) is 20.5. The minimum atomic E-state index is -0.429. The molecular weight excluding hydrogens is 366 g/mol. The summed E-state index contributed by atoms with van der Waals surface area (Å²) in [5, 5.41) is 6.84. The highest BCUT2D eigenvalue weighted by Crippen LogP contribution is 2.12. The number of hydrazone groups is 1. The van der Waals surface area contributed by atoms with Gasteiger partial charge in [-0.25, -0.2) is 5.43 Å². The van der Waals surface area contributed by atoms with Crippen LogP contribution in [0.5, 0.6) is 5.75 Å². The van der Waals surface area contributed by atoms with E-state index in [0.717, 1.165) is 24.2 Å². The summed E-state index contributed by atoms with van der Waals surface area (Å²) in [4.78, 5) is 23.7. The summed E-state index contributed by atoms with van der Waals surface area (Å²) in [6.07, 6.45) is 3.62. The Morgan fingerprint density at radius 2 is 1.96 bits per heavy atom. The molecule has 2 aromatic carbocycles. The molecule has 0 radical (unpaired) electrons. The van der Waals surface area contributed by atoms with E-state index < -0.39 is 5.91 Å². The van der Waals surface area contributed by atoms with E-state index in [1.165, 1.54) is 12.3 Å². The number of nitrogens with zero attached hydrogens (tertiary/aromatic N) is 1. The number of hydrogen-bond acceptors (Lipinski definition) is 4. The van der Waals surface area contributed by atoms with Crippen molar-refractivity contribution in [1.82, 2.24) is 10.7 Å². The summed E-state index contributed by atoms with van der Waals surface area (Å²) in [6, 6.07) is 13.9. The van der Waals surface area contributed by atoms with Gasteiger partial charge in [-0.1, -0.05) is 31.0 Å². The number of nitrogens with one attached hydrogen (secondary N) is 2. The number of carbonyl (C=O) groups excluding carboxylic acids is 2. The van der Waals surface area contributed by atoms with Crippen LogP contribution in [0.3, 0.4) is 0 Å². The summed E-state index contributed by atoms with van der Waals surface area (Å²) in [7, 11) is 0. The van der Waals surface area contributed by atoms with Crippen LogP contribution in [0, 0.1) is 0 Å². The van der Waals surface area contributed by atoms with Crippen molar-refractivity contribution >= 4 is 29.6 Å². The molecule has 0 spiro atoms. The molecule has 7 heteroatoms. The predicted molar refractivity (Wildman–Crippen MR) is 106 cm³/mol. The molecule has 0 aliphatic rings. The van der Waals surface area contributed by atoms with Crippen molar-refractivity contribution in [3.63, 3.8) is 0 Å². The Labute approximate surface area is 163 Å². The van der Waals surface area contributed by atoms with Crippen molar-refractivity contribution in [3.05, 3.63) is 64.7 Å². The van der Waals surface area contributed by atoms with E-state index in [0.29, 0.717) is 17.2 Å². The number of ether oxygens (including phenoxy) is 1. The van der Waals surface area contributed by atoms with Gasteiger partial charge < -0.3 is 10.1 Å². The minimum Gasteiger partial charge on any atom is -0.494 e. The summed E-state index contributed by atoms with van der Waals surface area (Å²) in [5.41, 5.74) is 3.57. The molecule has 2 aromatic rings. The molecule has 0 saturated carbocycles. The molecule has 0 aliphatic heterocycles. The first-order valence-electron chi connectivity index (χ1n) is 8.67. The fourth-order valence-electron chi connectivity index (χ4n) is 2.10. The maximum absolute atomic E-state index is 11.9. The standard InChI is InChI=1S/C20H22ClN3O3/c1-2-3-11-27-18-9-7-15(8-10-18)13-23-24-19(25)14-22-20(26)16-5-4-6-17(21)12-16/h4-10,12-13H,2-3,11,14H2,1H3,(H,22,26)(H,24,25)/b23-13-. The Morgan fingerprint density at radius 3 is 2.67 bits per heavy atom. The second kappa shape index (κ2) is 11.0. The zero-order valence-corrected chi connectivity index (χ0v) is 15.8. The molecule has 0 bridgehead atoms. The lowest BCUT2D eigenvalue weighted by molar-refractivity contribution is -0.120. The van der Waals surface area contributed by atoms with Crippen molar-refractivity contribution in [3.8, 4) is 5.75 Å². The Hall–Kier alpha value is -2.86. The van der Waals surface area contributed by atoms with Gasteiger partial charge in [-0.3, -0.25) is 9.59 Å². The van der Waals surface area contributed by atoms with Crippen LogP contribution in [0.1, 0.15) is 35.7 Å². The second-order valence-corrected chi connectivity index (χ2v) is 6.19. The maximum Gasteiger partial charge on any atom is 0.259 e. The van der Waals surface area contributed by atoms with Gasteiger partial charge in [0.05, 0.1) is 19.4 Å². The average molecular weight is 388 g/mol. The quantitative estimate of drug-likeness (QED) is 0.393. The number of benzene rings is 2.